The highest BCUT2D eigenvalue weighted by atomic mass is 32.1. The van der Waals surface area contributed by atoms with E-state index < -0.39 is 6.10 Å². The van der Waals surface area contributed by atoms with Crippen LogP contribution in [0.25, 0.3) is 0 Å². The van der Waals surface area contributed by atoms with Crippen LogP contribution in [0.15, 0.2) is 23.1 Å². The van der Waals surface area contributed by atoms with Gasteiger partial charge in [0.05, 0.1) is 6.10 Å². The van der Waals surface area contributed by atoms with Gasteiger partial charge in [-0.1, -0.05) is 6.07 Å². The molecular formula is C9H13NO2S. The van der Waals surface area contributed by atoms with E-state index in [4.69, 9.17) is 5.73 Å². The summed E-state index contributed by atoms with van der Waals surface area (Å²) in [5, 5.41) is 18.9. The lowest BCUT2D eigenvalue weighted by Crippen LogP contribution is -2.24. The van der Waals surface area contributed by atoms with Gasteiger partial charge in [-0.25, -0.2) is 0 Å². The van der Waals surface area contributed by atoms with E-state index in [0.717, 1.165) is 0 Å². The van der Waals surface area contributed by atoms with Crippen LogP contribution in [0.5, 0.6) is 5.75 Å². The molecule has 13 heavy (non-hydrogen) atoms. The summed E-state index contributed by atoms with van der Waals surface area (Å²) >= 11 is 4.00. The van der Waals surface area contributed by atoms with Crippen molar-refractivity contribution in [2.75, 3.05) is 0 Å². The molecule has 3 nitrogen and oxygen atoms in total. The van der Waals surface area contributed by atoms with Crippen LogP contribution < -0.4 is 5.73 Å². The Labute approximate surface area is 82.6 Å². The predicted octanol–water partition coefficient (Wildman–Crippen LogP) is 1.06. The molecule has 0 heterocycles. The second-order valence-corrected chi connectivity index (χ2v) is 3.53. The van der Waals surface area contributed by atoms with Gasteiger partial charge in [-0.15, -0.1) is 12.6 Å². The van der Waals surface area contributed by atoms with E-state index in [9.17, 15) is 10.2 Å². The molecule has 1 rings (SSSR count). The molecule has 0 saturated carbocycles. The number of aliphatic hydroxyl groups is 1. The maximum atomic E-state index is 9.55. The summed E-state index contributed by atoms with van der Waals surface area (Å²) in [6, 6.07) is 4.43. The first-order valence-electron chi connectivity index (χ1n) is 3.98. The molecule has 72 valence electrons. The number of aliphatic hydroxyl groups excluding tert-OH is 1. The van der Waals surface area contributed by atoms with Gasteiger partial charge in [0.25, 0.3) is 0 Å². The number of rotatable bonds is 2. The van der Waals surface area contributed by atoms with Crippen LogP contribution in [0.2, 0.25) is 0 Å². The first-order valence-corrected chi connectivity index (χ1v) is 4.42. The van der Waals surface area contributed by atoms with Crippen LogP contribution in [0, 0.1) is 0 Å². The van der Waals surface area contributed by atoms with Crippen molar-refractivity contribution < 1.29 is 10.2 Å². The summed E-state index contributed by atoms with van der Waals surface area (Å²) in [7, 11) is 0. The molecule has 0 aliphatic rings. The van der Waals surface area contributed by atoms with Crippen molar-refractivity contribution in [1.82, 2.24) is 0 Å². The molecular weight excluding hydrogens is 186 g/mol. The molecule has 0 bridgehead atoms. The minimum absolute atomic E-state index is 0.0560. The standard InChI is InChI=1S/C9H13NO2S/c1-5(10)9(12)6-2-3-8(13)7(11)4-6/h2-5,9,11-13H,10H2,1H3. The Balaban J connectivity index is 2.97. The maximum absolute atomic E-state index is 9.55. The Hall–Kier alpha value is -0.710. The molecule has 2 unspecified atom stereocenters. The molecule has 4 heteroatoms. The Kier molecular flexibility index (Phi) is 3.19. The van der Waals surface area contributed by atoms with Gasteiger partial charge in [0.1, 0.15) is 5.75 Å². The number of thiol groups is 1. The van der Waals surface area contributed by atoms with E-state index in [0.29, 0.717) is 10.5 Å². The molecule has 0 aromatic heterocycles. The van der Waals surface area contributed by atoms with Crippen molar-refractivity contribution in [3.63, 3.8) is 0 Å². The van der Waals surface area contributed by atoms with Crippen LogP contribution in [0.4, 0.5) is 0 Å². The fourth-order valence-electron chi connectivity index (χ4n) is 1.03. The van der Waals surface area contributed by atoms with Gasteiger partial charge in [-0.3, -0.25) is 0 Å². The van der Waals surface area contributed by atoms with Crippen molar-refractivity contribution in [3.05, 3.63) is 23.8 Å². The molecule has 0 spiro atoms. The average Bonchev–Trinajstić information content (AvgIpc) is 2.08. The fourth-order valence-corrected chi connectivity index (χ4v) is 1.17. The SMILES string of the molecule is CC(N)C(O)c1ccc(S)c(O)c1. The first-order chi connectivity index (χ1) is 6.02. The molecule has 4 N–H and O–H groups in total. The van der Waals surface area contributed by atoms with E-state index >= 15 is 0 Å². The predicted molar refractivity (Wildman–Crippen MR) is 54.0 cm³/mol. The summed E-state index contributed by atoms with van der Waals surface area (Å²) in [6.07, 6.45) is -0.750. The highest BCUT2D eigenvalue weighted by molar-refractivity contribution is 7.80. The largest absolute Gasteiger partial charge is 0.507 e. The van der Waals surface area contributed by atoms with Crippen molar-refractivity contribution >= 4 is 12.6 Å². The molecule has 0 radical (unpaired) electrons. The highest BCUT2D eigenvalue weighted by Gasteiger charge is 2.13. The number of phenolic OH excluding ortho intramolecular Hbond substituents is 1. The molecule has 0 amide bonds. The van der Waals surface area contributed by atoms with Gasteiger partial charge in [-0.05, 0) is 24.6 Å². The Morgan fingerprint density at radius 3 is 2.54 bits per heavy atom. The van der Waals surface area contributed by atoms with E-state index in [1.54, 1.807) is 19.1 Å². The smallest absolute Gasteiger partial charge is 0.129 e. The lowest BCUT2D eigenvalue weighted by atomic mass is 10.0. The number of phenols is 1. The summed E-state index contributed by atoms with van der Waals surface area (Å²) in [5.41, 5.74) is 6.11. The van der Waals surface area contributed by atoms with Crippen molar-refractivity contribution in [2.24, 2.45) is 5.73 Å². The topological polar surface area (TPSA) is 66.5 Å². The summed E-state index contributed by atoms with van der Waals surface area (Å²) in [4.78, 5) is 0.487. The molecule has 0 saturated heterocycles. The van der Waals surface area contributed by atoms with Gasteiger partial charge in [0, 0.05) is 10.9 Å². The Morgan fingerprint density at radius 1 is 1.46 bits per heavy atom. The number of hydrogen-bond donors (Lipinski definition) is 4. The number of aromatic hydroxyl groups is 1. The van der Waals surface area contributed by atoms with Gasteiger partial charge in [0.15, 0.2) is 0 Å². The van der Waals surface area contributed by atoms with Gasteiger partial charge < -0.3 is 15.9 Å². The zero-order chi connectivity index (χ0) is 10.0. The van der Waals surface area contributed by atoms with E-state index in [-0.39, 0.29) is 11.8 Å². The molecule has 0 aliphatic carbocycles. The van der Waals surface area contributed by atoms with Crippen LogP contribution in [0.3, 0.4) is 0 Å². The third kappa shape index (κ3) is 2.37. The molecule has 0 aliphatic heterocycles. The van der Waals surface area contributed by atoms with E-state index in [1.165, 1.54) is 6.07 Å². The second-order valence-electron chi connectivity index (χ2n) is 3.05. The van der Waals surface area contributed by atoms with Gasteiger partial charge in [-0.2, -0.15) is 0 Å². The molecule has 1 aromatic carbocycles. The van der Waals surface area contributed by atoms with E-state index in [2.05, 4.69) is 12.6 Å². The number of hydrogen-bond acceptors (Lipinski definition) is 4. The van der Waals surface area contributed by atoms with E-state index in [1.807, 2.05) is 0 Å². The zero-order valence-corrected chi connectivity index (χ0v) is 8.20. The summed E-state index contributed by atoms with van der Waals surface area (Å²) < 4.78 is 0. The molecule has 1 aromatic rings. The fraction of sp³-hybridized carbons (Fsp3) is 0.333. The lowest BCUT2D eigenvalue weighted by molar-refractivity contribution is 0.153. The molecule has 2 atom stereocenters. The Bertz CT molecular complexity index is 302. The molecule has 0 fully saturated rings. The van der Waals surface area contributed by atoms with Crippen molar-refractivity contribution in [1.29, 1.82) is 0 Å². The maximum Gasteiger partial charge on any atom is 0.129 e. The second kappa shape index (κ2) is 4.00. The first kappa shape index (κ1) is 10.4. The van der Waals surface area contributed by atoms with Gasteiger partial charge in [0.2, 0.25) is 0 Å². The quantitative estimate of drug-likeness (QED) is 0.538. The third-order valence-corrected chi connectivity index (χ3v) is 2.22. The highest BCUT2D eigenvalue weighted by Crippen LogP contribution is 2.26. The monoisotopic (exact) mass is 199 g/mol. The average molecular weight is 199 g/mol. The van der Waals surface area contributed by atoms with Crippen LogP contribution in [-0.2, 0) is 0 Å². The van der Waals surface area contributed by atoms with Crippen molar-refractivity contribution in [2.45, 2.75) is 24.0 Å². The minimum Gasteiger partial charge on any atom is -0.507 e. The Morgan fingerprint density at radius 2 is 2.08 bits per heavy atom. The van der Waals surface area contributed by atoms with Crippen molar-refractivity contribution in [3.8, 4) is 5.75 Å². The van der Waals surface area contributed by atoms with Gasteiger partial charge >= 0.3 is 0 Å². The van der Waals surface area contributed by atoms with Crippen LogP contribution in [-0.4, -0.2) is 16.3 Å². The third-order valence-electron chi connectivity index (χ3n) is 1.84. The number of nitrogens with two attached hydrogens (primary N) is 1. The number of benzene rings is 1. The van der Waals surface area contributed by atoms with Crippen LogP contribution in [0.1, 0.15) is 18.6 Å². The normalized spacial score (nSPS) is 15.4. The van der Waals surface area contributed by atoms with Crippen LogP contribution >= 0.6 is 12.6 Å². The minimum atomic E-state index is -0.750. The zero-order valence-electron chi connectivity index (χ0n) is 7.31. The summed E-state index contributed by atoms with van der Waals surface area (Å²) in [6.45, 7) is 1.70. The lowest BCUT2D eigenvalue weighted by Gasteiger charge is -2.15. The summed E-state index contributed by atoms with van der Waals surface area (Å²) in [5.74, 6) is 0.0560.